The third-order valence-corrected chi connectivity index (χ3v) is 10.7. The predicted octanol–water partition coefficient (Wildman–Crippen LogP) is 1.30. The number of hydrogen-bond acceptors (Lipinski definition) is 16. The zero-order valence-electron chi connectivity index (χ0n) is 36.1. The Morgan fingerprint density at radius 2 is 1.49 bits per heavy atom. The third-order valence-electron chi connectivity index (χ3n) is 9.82. The average molecular weight is 921 g/mol. The average Bonchev–Trinajstić information content (AvgIpc) is 3.93. The zero-order valence-corrected chi connectivity index (χ0v) is 36.9. The number of amides is 7. The fraction of sp³-hybridized carbons (Fsp3) is 0.432. The Morgan fingerprint density at radius 1 is 0.831 bits per heavy atom. The molecule has 5 rings (SSSR count). The minimum atomic E-state index is -1.19. The van der Waals surface area contributed by atoms with Crippen LogP contribution in [0.2, 0.25) is 0 Å². The van der Waals surface area contributed by atoms with E-state index in [1.165, 1.54) is 31.6 Å². The number of anilines is 2. The molecule has 1 saturated heterocycles. The van der Waals surface area contributed by atoms with Crippen molar-refractivity contribution in [2.45, 2.75) is 24.9 Å². The molecule has 21 heteroatoms. The van der Waals surface area contributed by atoms with Crippen molar-refractivity contribution in [2.75, 3.05) is 110 Å². The van der Waals surface area contributed by atoms with Crippen molar-refractivity contribution in [3.05, 3.63) is 69.9 Å². The number of fused-ring (bicyclic) bond motifs is 1. The molecule has 0 spiro atoms. The molecule has 65 heavy (non-hydrogen) atoms. The number of carbonyl (C=O) groups excluding carboxylic acids is 7. The van der Waals surface area contributed by atoms with Gasteiger partial charge in [0, 0.05) is 36.1 Å². The van der Waals surface area contributed by atoms with Gasteiger partial charge in [0.25, 0.3) is 11.8 Å². The number of carbonyl (C=O) groups is 7. The van der Waals surface area contributed by atoms with Crippen molar-refractivity contribution in [1.29, 1.82) is 0 Å². The summed E-state index contributed by atoms with van der Waals surface area (Å²) in [7, 11) is 2.90. The lowest BCUT2D eigenvalue weighted by atomic mass is 10.0. The number of imide groups is 2. The first-order valence-electron chi connectivity index (χ1n) is 20.7. The number of terminal acetylenes is 1. The molecule has 20 nitrogen and oxygen atoms in total. The molecule has 2 aromatic carbocycles. The molecule has 2 atom stereocenters. The molecule has 2 aliphatic heterocycles. The highest BCUT2D eigenvalue weighted by Crippen LogP contribution is 2.38. The number of thiophene rings is 1. The number of piperidine rings is 1. The maximum Gasteiger partial charge on any atom is 0.303 e. The largest absolute Gasteiger partial charge is 0.497 e. The van der Waals surface area contributed by atoms with Crippen molar-refractivity contribution >= 4 is 64.1 Å². The van der Waals surface area contributed by atoms with Crippen LogP contribution in [0.4, 0.5) is 11.4 Å². The Bertz CT molecular complexity index is 2180. The molecule has 2 unspecified atom stereocenters. The van der Waals surface area contributed by atoms with E-state index in [1.54, 1.807) is 47.8 Å². The normalized spacial score (nSPS) is 14.8. The molecule has 0 radical (unpaired) electrons. The lowest BCUT2D eigenvalue weighted by Gasteiger charge is -2.30. The van der Waals surface area contributed by atoms with Gasteiger partial charge in [0.05, 0.1) is 104 Å². The fourth-order valence-corrected chi connectivity index (χ4v) is 7.54. The summed E-state index contributed by atoms with van der Waals surface area (Å²) in [5.41, 5.74) is 1.08. The van der Waals surface area contributed by atoms with Crippen LogP contribution in [0.5, 0.6) is 11.5 Å². The maximum absolute atomic E-state index is 13.6. The van der Waals surface area contributed by atoms with Gasteiger partial charge in [-0.15, -0.1) is 17.8 Å². The van der Waals surface area contributed by atoms with Gasteiger partial charge >= 0.3 is 5.91 Å². The van der Waals surface area contributed by atoms with Crippen LogP contribution in [0.25, 0.3) is 0 Å². The summed E-state index contributed by atoms with van der Waals surface area (Å²) in [5.74, 6) is -1.31. The molecule has 1 aromatic heterocycles. The Kier molecular flexibility index (Phi) is 19.7. The van der Waals surface area contributed by atoms with Crippen LogP contribution in [0.3, 0.4) is 0 Å². The van der Waals surface area contributed by atoms with Crippen LogP contribution in [0.1, 0.15) is 44.5 Å². The van der Waals surface area contributed by atoms with Crippen molar-refractivity contribution in [3.63, 3.8) is 0 Å². The van der Waals surface area contributed by atoms with Crippen molar-refractivity contribution < 1.29 is 66.7 Å². The Hall–Kier alpha value is -6.41. The van der Waals surface area contributed by atoms with Crippen molar-refractivity contribution in [1.82, 2.24) is 20.9 Å². The van der Waals surface area contributed by atoms with Crippen molar-refractivity contribution in [2.24, 2.45) is 0 Å². The van der Waals surface area contributed by atoms with Crippen LogP contribution in [-0.4, -0.2) is 152 Å². The topological polar surface area (TPSA) is 239 Å². The van der Waals surface area contributed by atoms with E-state index in [9.17, 15) is 33.6 Å². The highest BCUT2D eigenvalue weighted by Gasteiger charge is 2.45. The van der Waals surface area contributed by atoms with E-state index in [0.29, 0.717) is 75.7 Å². The van der Waals surface area contributed by atoms with Crippen LogP contribution in [-0.2, 0) is 47.7 Å². The number of nitrogens with one attached hydrogen (secondary N) is 4. The second kappa shape index (κ2) is 25.8. The van der Waals surface area contributed by atoms with E-state index in [1.807, 2.05) is 0 Å². The molecule has 0 aliphatic carbocycles. The first-order valence-corrected chi connectivity index (χ1v) is 21.5. The zero-order chi connectivity index (χ0) is 46.6. The van der Waals surface area contributed by atoms with E-state index >= 15 is 0 Å². The number of rotatable bonds is 28. The minimum Gasteiger partial charge on any atom is -0.497 e. The number of hydrogen-bond donors (Lipinski definition) is 4. The lowest BCUT2D eigenvalue weighted by Crippen LogP contribution is -2.54. The number of nitrogens with zero attached hydrogens (tertiary/aromatic N) is 2. The van der Waals surface area contributed by atoms with Gasteiger partial charge in [0.15, 0.2) is 6.04 Å². The molecule has 2 aliphatic rings. The molecule has 0 saturated carbocycles. The Balaban J connectivity index is 0.858. The second-order valence-corrected chi connectivity index (χ2v) is 15.0. The molecular weight excluding hydrogens is 869 g/mol. The number of methoxy groups -OCH3 is 2. The molecular formula is C44H52N6O14S. The molecule has 348 valence electrons. The summed E-state index contributed by atoms with van der Waals surface area (Å²) in [6.45, 7) is 3.37. The van der Waals surface area contributed by atoms with Gasteiger partial charge in [-0.05, 0) is 48.1 Å². The van der Waals surface area contributed by atoms with E-state index in [4.69, 9.17) is 39.6 Å². The Labute approximate surface area is 379 Å². The summed E-state index contributed by atoms with van der Waals surface area (Å²) in [6, 6.07) is 10.8. The highest BCUT2D eigenvalue weighted by atomic mass is 32.1. The molecule has 4 N–H and O–H groups in total. The minimum absolute atomic E-state index is 0.0463. The third kappa shape index (κ3) is 13.8. The smallest absolute Gasteiger partial charge is 0.303 e. The highest BCUT2D eigenvalue weighted by molar-refractivity contribution is 7.10. The predicted molar refractivity (Wildman–Crippen MR) is 235 cm³/mol. The summed E-state index contributed by atoms with van der Waals surface area (Å²) in [6.07, 6.45) is 5.64. The van der Waals surface area contributed by atoms with E-state index < -0.39 is 53.4 Å². The molecule has 0 bridgehead atoms. The maximum atomic E-state index is 13.6. The molecule has 3 heterocycles. The Morgan fingerprint density at radius 3 is 2.09 bits per heavy atom. The van der Waals surface area contributed by atoms with Gasteiger partial charge in [0.1, 0.15) is 17.5 Å². The first kappa shape index (κ1) is 49.6. The summed E-state index contributed by atoms with van der Waals surface area (Å²) in [4.78, 5) is 91.9. The summed E-state index contributed by atoms with van der Waals surface area (Å²) in [5, 5.41) is 12.3. The standard InChI is InChI=1S/C44H52N6O14S/c1-4-38(53)49(32-11-10-29(58-2)27-34(32)59-3)40(35-9-6-26-65-35)42(55)47-28-37(52)46-15-17-61-19-21-63-23-25-64-24-22-62-20-18-60-16-14-45-31-8-5-7-30-39(31)44(57)50(43(30)56)33-12-13-36(51)48-41(33)54/h1,5-11,26-27,33,40,45H,12-25,28H2,2-3H3,(H,46,52)(H,47,55)(H,48,51,54). The van der Waals surface area contributed by atoms with Gasteiger partial charge in [0.2, 0.25) is 23.6 Å². The van der Waals surface area contributed by atoms with Gasteiger partial charge < -0.3 is 49.1 Å². The fourth-order valence-electron chi connectivity index (χ4n) is 6.73. The number of benzene rings is 2. The van der Waals surface area contributed by atoms with Gasteiger partial charge in [-0.25, -0.2) is 0 Å². The first-order chi connectivity index (χ1) is 31.6. The van der Waals surface area contributed by atoms with Crippen LogP contribution < -0.4 is 35.6 Å². The second-order valence-electron chi connectivity index (χ2n) is 14.0. The van der Waals surface area contributed by atoms with Crippen LogP contribution in [0.15, 0.2) is 53.9 Å². The van der Waals surface area contributed by atoms with Gasteiger partial charge in [-0.3, -0.25) is 48.7 Å². The van der Waals surface area contributed by atoms with Gasteiger partial charge in [-0.2, -0.15) is 0 Å². The van der Waals surface area contributed by atoms with Gasteiger partial charge in [-0.1, -0.05) is 12.1 Å². The number of ether oxygens (including phenoxy) is 7. The molecule has 7 amide bonds. The lowest BCUT2D eigenvalue weighted by molar-refractivity contribution is -0.136. The summed E-state index contributed by atoms with van der Waals surface area (Å²) < 4.78 is 38.4. The monoisotopic (exact) mass is 920 g/mol. The molecule has 3 aromatic rings. The van der Waals surface area contributed by atoms with E-state index in [2.05, 4.69) is 27.2 Å². The van der Waals surface area contributed by atoms with Crippen molar-refractivity contribution in [3.8, 4) is 23.8 Å². The van der Waals surface area contributed by atoms with E-state index in [0.717, 1.165) is 9.80 Å². The van der Waals surface area contributed by atoms with Crippen LogP contribution >= 0.6 is 11.3 Å². The van der Waals surface area contributed by atoms with Crippen LogP contribution in [0, 0.1) is 12.3 Å². The summed E-state index contributed by atoms with van der Waals surface area (Å²) >= 11 is 1.25. The SMILES string of the molecule is C#CC(=O)N(c1ccc(OC)cc1OC)C(C(=O)NCC(=O)NCCOCCOCCOCCOCCOCCNc1cccc2c1C(=O)N(C1CCC(=O)NC1=O)C2=O)c1cccs1. The van der Waals surface area contributed by atoms with E-state index in [-0.39, 0.29) is 61.7 Å². The molecule has 1 fully saturated rings. The quantitative estimate of drug-likeness (QED) is 0.0456.